The van der Waals surface area contributed by atoms with Crippen LogP contribution in [0, 0.1) is 0 Å². The molecule has 0 radical (unpaired) electrons. The molecule has 86 valence electrons. The van der Waals surface area contributed by atoms with Crippen LogP contribution in [0.3, 0.4) is 0 Å². The maximum atomic E-state index is 11.8. The van der Waals surface area contributed by atoms with Crippen molar-refractivity contribution in [1.29, 1.82) is 0 Å². The fourth-order valence-corrected chi connectivity index (χ4v) is 2.38. The zero-order valence-electron chi connectivity index (χ0n) is 9.15. The SMILES string of the molecule is NCCCC1COCC(=O)N1C1CCC1. The second kappa shape index (κ2) is 4.94. The zero-order chi connectivity index (χ0) is 10.7. The van der Waals surface area contributed by atoms with Crippen LogP contribution in [0.25, 0.3) is 0 Å². The van der Waals surface area contributed by atoms with E-state index >= 15 is 0 Å². The van der Waals surface area contributed by atoms with E-state index < -0.39 is 0 Å². The molecule has 0 bridgehead atoms. The van der Waals surface area contributed by atoms with Gasteiger partial charge in [-0.3, -0.25) is 4.79 Å². The summed E-state index contributed by atoms with van der Waals surface area (Å²) >= 11 is 0. The minimum absolute atomic E-state index is 0.174. The fourth-order valence-electron chi connectivity index (χ4n) is 2.38. The number of carbonyl (C=O) groups is 1. The average molecular weight is 212 g/mol. The first-order valence-corrected chi connectivity index (χ1v) is 5.92. The van der Waals surface area contributed by atoms with Crippen molar-refractivity contribution in [2.24, 2.45) is 5.73 Å². The summed E-state index contributed by atoms with van der Waals surface area (Å²) in [5.41, 5.74) is 5.50. The number of nitrogens with zero attached hydrogens (tertiary/aromatic N) is 1. The summed E-state index contributed by atoms with van der Waals surface area (Å²) in [4.78, 5) is 13.8. The number of hydrogen-bond acceptors (Lipinski definition) is 3. The van der Waals surface area contributed by atoms with Crippen molar-refractivity contribution in [2.45, 2.75) is 44.2 Å². The van der Waals surface area contributed by atoms with Gasteiger partial charge in [0.1, 0.15) is 6.61 Å². The molecule has 2 rings (SSSR count). The Hall–Kier alpha value is -0.610. The molecule has 0 spiro atoms. The number of morpholine rings is 1. The van der Waals surface area contributed by atoms with Gasteiger partial charge >= 0.3 is 0 Å². The Labute approximate surface area is 90.8 Å². The van der Waals surface area contributed by atoms with E-state index in [2.05, 4.69) is 4.90 Å². The lowest BCUT2D eigenvalue weighted by atomic mass is 9.89. The molecule has 4 nitrogen and oxygen atoms in total. The lowest BCUT2D eigenvalue weighted by Crippen LogP contribution is -2.56. The highest BCUT2D eigenvalue weighted by molar-refractivity contribution is 5.78. The molecule has 1 aliphatic heterocycles. The van der Waals surface area contributed by atoms with Gasteiger partial charge in [0.2, 0.25) is 5.91 Å². The van der Waals surface area contributed by atoms with Crippen LogP contribution in [-0.4, -0.2) is 42.6 Å². The molecule has 15 heavy (non-hydrogen) atoms. The third-order valence-electron chi connectivity index (χ3n) is 3.43. The molecule has 2 N–H and O–H groups in total. The van der Waals surface area contributed by atoms with Crippen molar-refractivity contribution in [1.82, 2.24) is 4.90 Å². The first-order chi connectivity index (χ1) is 7.33. The molecule has 0 aromatic carbocycles. The van der Waals surface area contributed by atoms with Gasteiger partial charge in [0.15, 0.2) is 0 Å². The number of carbonyl (C=O) groups excluding carboxylic acids is 1. The number of rotatable bonds is 4. The molecule has 1 heterocycles. The van der Waals surface area contributed by atoms with Crippen LogP contribution < -0.4 is 5.73 Å². The van der Waals surface area contributed by atoms with Crippen LogP contribution in [0.15, 0.2) is 0 Å². The van der Waals surface area contributed by atoms with Crippen molar-refractivity contribution in [3.63, 3.8) is 0 Å². The first kappa shape index (κ1) is 10.9. The standard InChI is InChI=1S/C11H20N2O2/c12-6-2-5-10-7-15-8-11(14)13(10)9-3-1-4-9/h9-10H,1-8,12H2. The molecule has 4 heteroatoms. The monoisotopic (exact) mass is 212 g/mol. The van der Waals surface area contributed by atoms with E-state index in [4.69, 9.17) is 10.5 Å². The lowest BCUT2D eigenvalue weighted by Gasteiger charge is -2.45. The molecule has 1 aliphatic carbocycles. The third kappa shape index (κ3) is 2.32. The molecule has 2 fully saturated rings. The van der Waals surface area contributed by atoms with Crippen molar-refractivity contribution >= 4 is 5.91 Å². The molecular weight excluding hydrogens is 192 g/mol. The number of hydrogen-bond donors (Lipinski definition) is 1. The van der Waals surface area contributed by atoms with Gasteiger partial charge < -0.3 is 15.4 Å². The zero-order valence-corrected chi connectivity index (χ0v) is 9.15. The molecule has 1 amide bonds. The summed E-state index contributed by atoms with van der Waals surface area (Å²) in [5.74, 6) is 0.174. The molecular formula is C11H20N2O2. The minimum atomic E-state index is 0.174. The first-order valence-electron chi connectivity index (χ1n) is 5.92. The molecule has 1 saturated heterocycles. The highest BCUT2D eigenvalue weighted by Gasteiger charge is 2.36. The summed E-state index contributed by atoms with van der Waals surface area (Å²) in [5, 5.41) is 0. The van der Waals surface area contributed by atoms with E-state index in [1.165, 1.54) is 19.3 Å². The van der Waals surface area contributed by atoms with Crippen LogP contribution in [-0.2, 0) is 9.53 Å². The molecule has 1 saturated carbocycles. The van der Waals surface area contributed by atoms with E-state index in [-0.39, 0.29) is 18.6 Å². The van der Waals surface area contributed by atoms with E-state index in [1.807, 2.05) is 0 Å². The highest BCUT2D eigenvalue weighted by atomic mass is 16.5. The lowest BCUT2D eigenvalue weighted by molar-refractivity contribution is -0.155. The molecule has 1 atom stereocenters. The third-order valence-corrected chi connectivity index (χ3v) is 3.43. The summed E-state index contributed by atoms with van der Waals surface area (Å²) in [6.07, 6.45) is 5.57. The smallest absolute Gasteiger partial charge is 0.249 e. The predicted octanol–water partition coefficient (Wildman–Crippen LogP) is 0.505. The predicted molar refractivity (Wildman–Crippen MR) is 57.4 cm³/mol. The molecule has 2 aliphatic rings. The number of nitrogens with two attached hydrogens (primary N) is 1. The Morgan fingerprint density at radius 3 is 2.87 bits per heavy atom. The van der Waals surface area contributed by atoms with E-state index in [0.29, 0.717) is 19.2 Å². The van der Waals surface area contributed by atoms with Gasteiger partial charge in [0, 0.05) is 6.04 Å². The van der Waals surface area contributed by atoms with E-state index in [1.54, 1.807) is 0 Å². The van der Waals surface area contributed by atoms with Crippen LogP contribution >= 0.6 is 0 Å². The maximum Gasteiger partial charge on any atom is 0.249 e. The Balaban J connectivity index is 1.94. The summed E-state index contributed by atoms with van der Waals surface area (Å²) < 4.78 is 5.31. The molecule has 0 aromatic heterocycles. The maximum absolute atomic E-state index is 11.8. The van der Waals surface area contributed by atoms with Gasteiger partial charge in [-0.15, -0.1) is 0 Å². The number of ether oxygens (including phenoxy) is 1. The van der Waals surface area contributed by atoms with Crippen LogP contribution in [0.1, 0.15) is 32.1 Å². The molecule has 0 aromatic rings. The highest BCUT2D eigenvalue weighted by Crippen LogP contribution is 2.29. The second-order valence-corrected chi connectivity index (χ2v) is 4.49. The van der Waals surface area contributed by atoms with Crippen LogP contribution in [0.2, 0.25) is 0 Å². The molecule has 1 unspecified atom stereocenters. The average Bonchev–Trinajstić information content (AvgIpc) is 2.16. The van der Waals surface area contributed by atoms with Crippen molar-refractivity contribution in [2.75, 3.05) is 19.8 Å². The Kier molecular flexibility index (Phi) is 3.59. The quantitative estimate of drug-likeness (QED) is 0.738. The van der Waals surface area contributed by atoms with Gasteiger partial charge in [-0.05, 0) is 38.6 Å². The normalized spacial score (nSPS) is 27.9. The van der Waals surface area contributed by atoms with Crippen molar-refractivity contribution < 1.29 is 9.53 Å². The topological polar surface area (TPSA) is 55.6 Å². The van der Waals surface area contributed by atoms with Crippen molar-refractivity contribution in [3.8, 4) is 0 Å². The van der Waals surface area contributed by atoms with Gasteiger partial charge in [-0.1, -0.05) is 0 Å². The summed E-state index contributed by atoms with van der Waals surface area (Å²) in [6, 6.07) is 0.768. The van der Waals surface area contributed by atoms with E-state index in [9.17, 15) is 4.79 Å². The van der Waals surface area contributed by atoms with Gasteiger partial charge in [0.25, 0.3) is 0 Å². The van der Waals surface area contributed by atoms with Crippen LogP contribution in [0.5, 0.6) is 0 Å². The van der Waals surface area contributed by atoms with Gasteiger partial charge in [-0.25, -0.2) is 0 Å². The Morgan fingerprint density at radius 1 is 1.47 bits per heavy atom. The minimum Gasteiger partial charge on any atom is -0.369 e. The van der Waals surface area contributed by atoms with Crippen molar-refractivity contribution in [3.05, 3.63) is 0 Å². The van der Waals surface area contributed by atoms with Crippen LogP contribution in [0.4, 0.5) is 0 Å². The second-order valence-electron chi connectivity index (χ2n) is 4.49. The van der Waals surface area contributed by atoms with Gasteiger partial charge in [-0.2, -0.15) is 0 Å². The van der Waals surface area contributed by atoms with E-state index in [0.717, 1.165) is 12.8 Å². The Bertz CT molecular complexity index is 229. The van der Waals surface area contributed by atoms with Gasteiger partial charge in [0.05, 0.1) is 12.6 Å². The number of amides is 1. The summed E-state index contributed by atoms with van der Waals surface area (Å²) in [6.45, 7) is 1.67. The Morgan fingerprint density at radius 2 is 2.27 bits per heavy atom. The summed E-state index contributed by atoms with van der Waals surface area (Å²) in [7, 11) is 0. The fraction of sp³-hybridized carbons (Fsp3) is 0.909. The largest absolute Gasteiger partial charge is 0.369 e.